The normalized spacial score (nSPS) is 15.1. The maximum Gasteiger partial charge on any atom is 0.228 e. The van der Waals surface area contributed by atoms with E-state index in [-0.39, 0.29) is 11.8 Å². The summed E-state index contributed by atoms with van der Waals surface area (Å²) in [5, 5.41) is 11.7. The van der Waals surface area contributed by atoms with Crippen LogP contribution in [0.25, 0.3) is 0 Å². The van der Waals surface area contributed by atoms with E-state index in [0.29, 0.717) is 6.42 Å². The highest BCUT2D eigenvalue weighted by molar-refractivity contribution is 5.99. The Bertz CT molecular complexity index is 459. The number of hydrogen-bond donors (Lipinski definition) is 1. The molecule has 0 bridgehead atoms. The predicted molar refractivity (Wildman–Crippen MR) is 61.9 cm³/mol. The lowest BCUT2D eigenvalue weighted by atomic mass is 9.96. The Balaban J connectivity index is 2.17. The van der Waals surface area contributed by atoms with Crippen molar-refractivity contribution in [1.29, 1.82) is 5.26 Å². The van der Waals surface area contributed by atoms with Crippen molar-refractivity contribution >= 4 is 11.6 Å². The van der Waals surface area contributed by atoms with Crippen LogP contribution in [-0.2, 0) is 17.6 Å². The largest absolute Gasteiger partial charge is 0.326 e. The van der Waals surface area contributed by atoms with Crippen molar-refractivity contribution in [3.63, 3.8) is 0 Å². The topological polar surface area (TPSA) is 52.9 Å². The molecule has 82 valence electrons. The summed E-state index contributed by atoms with van der Waals surface area (Å²) in [5.41, 5.74) is 3.11. The number of nitrogens with zero attached hydrogens (tertiary/aromatic N) is 1. The molecule has 0 aliphatic carbocycles. The third kappa shape index (κ3) is 2.06. The number of rotatable bonds is 3. The van der Waals surface area contributed by atoms with Crippen LogP contribution in [0, 0.1) is 17.2 Å². The Hall–Kier alpha value is -1.82. The van der Waals surface area contributed by atoms with Gasteiger partial charge in [0, 0.05) is 5.69 Å². The zero-order chi connectivity index (χ0) is 11.5. The Kier molecular flexibility index (Phi) is 2.91. The van der Waals surface area contributed by atoms with E-state index >= 15 is 0 Å². The van der Waals surface area contributed by atoms with Gasteiger partial charge >= 0.3 is 0 Å². The lowest BCUT2D eigenvalue weighted by molar-refractivity contribution is -0.115. The molecule has 0 fully saturated rings. The summed E-state index contributed by atoms with van der Waals surface area (Å²) in [5.74, 6) is 0.127. The first-order valence-electron chi connectivity index (χ1n) is 5.54. The Morgan fingerprint density at radius 1 is 1.56 bits per heavy atom. The van der Waals surface area contributed by atoms with Crippen molar-refractivity contribution in [3.05, 3.63) is 29.3 Å². The van der Waals surface area contributed by atoms with E-state index in [1.165, 1.54) is 0 Å². The maximum absolute atomic E-state index is 11.2. The number of nitriles is 1. The fourth-order valence-electron chi connectivity index (χ4n) is 1.98. The summed E-state index contributed by atoms with van der Waals surface area (Å²) < 4.78 is 0. The molecule has 1 unspecified atom stereocenters. The molecule has 1 heterocycles. The van der Waals surface area contributed by atoms with Crippen LogP contribution < -0.4 is 5.32 Å². The molecule has 1 aromatic carbocycles. The molecule has 0 spiro atoms. The van der Waals surface area contributed by atoms with Crippen molar-refractivity contribution in [2.75, 3.05) is 5.32 Å². The van der Waals surface area contributed by atoms with Gasteiger partial charge in [-0.05, 0) is 30.0 Å². The molecule has 1 N–H and O–H groups in total. The van der Waals surface area contributed by atoms with Crippen molar-refractivity contribution in [3.8, 4) is 6.07 Å². The van der Waals surface area contributed by atoms with E-state index < -0.39 is 0 Å². The minimum absolute atomic E-state index is 0.0551. The van der Waals surface area contributed by atoms with Gasteiger partial charge in [0.25, 0.3) is 0 Å². The molecule has 1 atom stereocenters. The average Bonchev–Trinajstić information content (AvgIpc) is 2.65. The summed E-state index contributed by atoms with van der Waals surface area (Å²) in [7, 11) is 0. The van der Waals surface area contributed by atoms with Gasteiger partial charge in [0.2, 0.25) is 5.91 Å². The predicted octanol–water partition coefficient (Wildman–Crippen LogP) is 2.27. The van der Waals surface area contributed by atoms with Gasteiger partial charge in [-0.1, -0.05) is 19.1 Å². The van der Waals surface area contributed by atoms with Crippen LogP contribution in [-0.4, -0.2) is 5.91 Å². The summed E-state index contributed by atoms with van der Waals surface area (Å²) in [6.07, 6.45) is 2.10. The third-order valence-electron chi connectivity index (χ3n) is 2.95. The van der Waals surface area contributed by atoms with Gasteiger partial charge in [-0.25, -0.2) is 0 Å². The summed E-state index contributed by atoms with van der Waals surface area (Å²) >= 11 is 0. The minimum atomic E-state index is 0.0551. The number of benzene rings is 1. The fourth-order valence-corrected chi connectivity index (χ4v) is 1.98. The van der Waals surface area contributed by atoms with Gasteiger partial charge < -0.3 is 5.32 Å². The van der Waals surface area contributed by atoms with Gasteiger partial charge in [0.1, 0.15) is 0 Å². The highest BCUT2D eigenvalue weighted by Gasteiger charge is 2.18. The van der Waals surface area contributed by atoms with Crippen molar-refractivity contribution in [2.45, 2.75) is 26.2 Å². The summed E-state index contributed by atoms with van der Waals surface area (Å²) in [6.45, 7) is 2.02. The van der Waals surface area contributed by atoms with Crippen LogP contribution in [0.5, 0.6) is 0 Å². The highest BCUT2D eigenvalue weighted by Crippen LogP contribution is 2.25. The fraction of sp³-hybridized carbons (Fsp3) is 0.385. The van der Waals surface area contributed by atoms with Crippen molar-refractivity contribution < 1.29 is 4.79 Å². The average molecular weight is 214 g/mol. The zero-order valence-corrected chi connectivity index (χ0v) is 9.29. The number of fused-ring (bicyclic) bond motifs is 1. The molecule has 0 aromatic heterocycles. The number of carbonyl (C=O) groups is 1. The quantitative estimate of drug-likeness (QED) is 0.839. The van der Waals surface area contributed by atoms with E-state index in [1.54, 1.807) is 0 Å². The Morgan fingerprint density at radius 2 is 2.38 bits per heavy atom. The van der Waals surface area contributed by atoms with Crippen LogP contribution in [0.1, 0.15) is 24.5 Å². The summed E-state index contributed by atoms with van der Waals surface area (Å²) in [4.78, 5) is 11.2. The number of amides is 1. The van der Waals surface area contributed by atoms with Crippen molar-refractivity contribution in [1.82, 2.24) is 0 Å². The first-order chi connectivity index (χ1) is 7.72. The standard InChI is InChI=1S/C13H14N2O/c1-2-9(8-14)5-10-3-4-12-11(6-10)7-13(16)15-12/h3-4,6,9H,2,5,7H2,1H3,(H,15,16). The summed E-state index contributed by atoms with van der Waals surface area (Å²) in [6, 6.07) is 8.25. The first-order valence-corrected chi connectivity index (χ1v) is 5.54. The van der Waals surface area contributed by atoms with Gasteiger partial charge in [-0.3, -0.25) is 4.79 Å². The van der Waals surface area contributed by atoms with Crippen molar-refractivity contribution in [2.24, 2.45) is 5.92 Å². The molecular formula is C13H14N2O. The van der Waals surface area contributed by atoms with Gasteiger partial charge in [-0.15, -0.1) is 0 Å². The first kappa shape index (κ1) is 10.7. The minimum Gasteiger partial charge on any atom is -0.326 e. The van der Waals surface area contributed by atoms with Crippen LogP contribution in [0.2, 0.25) is 0 Å². The molecule has 0 saturated carbocycles. The van der Waals surface area contributed by atoms with Crippen LogP contribution in [0.4, 0.5) is 5.69 Å². The van der Waals surface area contributed by atoms with Gasteiger partial charge in [-0.2, -0.15) is 5.26 Å². The number of anilines is 1. The van der Waals surface area contributed by atoms with E-state index in [9.17, 15) is 4.79 Å². The van der Waals surface area contributed by atoms with Crippen LogP contribution >= 0.6 is 0 Å². The van der Waals surface area contributed by atoms with Crippen LogP contribution in [0.3, 0.4) is 0 Å². The molecule has 0 radical (unpaired) electrons. The van der Waals surface area contributed by atoms with E-state index in [4.69, 9.17) is 5.26 Å². The highest BCUT2D eigenvalue weighted by atomic mass is 16.1. The Morgan fingerprint density at radius 3 is 3.06 bits per heavy atom. The molecule has 3 nitrogen and oxygen atoms in total. The monoisotopic (exact) mass is 214 g/mol. The zero-order valence-electron chi connectivity index (χ0n) is 9.29. The molecule has 1 aliphatic rings. The lowest BCUT2D eigenvalue weighted by Gasteiger charge is -2.07. The van der Waals surface area contributed by atoms with Crippen LogP contribution in [0.15, 0.2) is 18.2 Å². The number of hydrogen-bond acceptors (Lipinski definition) is 2. The SMILES string of the molecule is CCC(C#N)Cc1ccc2c(c1)CC(=O)N2. The molecule has 1 amide bonds. The molecule has 0 saturated heterocycles. The Labute approximate surface area is 95.1 Å². The molecule has 2 rings (SSSR count). The third-order valence-corrected chi connectivity index (χ3v) is 2.95. The molecular weight excluding hydrogens is 200 g/mol. The molecule has 16 heavy (non-hydrogen) atoms. The molecule has 1 aromatic rings. The lowest BCUT2D eigenvalue weighted by Crippen LogP contribution is -2.03. The molecule has 3 heteroatoms. The number of carbonyl (C=O) groups excluding carboxylic acids is 1. The smallest absolute Gasteiger partial charge is 0.228 e. The van der Waals surface area contributed by atoms with Gasteiger partial charge in [0.15, 0.2) is 0 Å². The second kappa shape index (κ2) is 4.36. The van der Waals surface area contributed by atoms with E-state index in [2.05, 4.69) is 11.4 Å². The van der Waals surface area contributed by atoms with E-state index in [1.807, 2.05) is 25.1 Å². The van der Waals surface area contributed by atoms with E-state index in [0.717, 1.165) is 29.7 Å². The number of nitrogens with one attached hydrogen (secondary N) is 1. The maximum atomic E-state index is 11.2. The van der Waals surface area contributed by atoms with Gasteiger partial charge in [0.05, 0.1) is 18.4 Å². The second-order valence-corrected chi connectivity index (χ2v) is 4.15. The second-order valence-electron chi connectivity index (χ2n) is 4.15. The molecule has 1 aliphatic heterocycles.